The maximum absolute atomic E-state index is 8.86. The van der Waals surface area contributed by atoms with E-state index in [4.69, 9.17) is 15.3 Å². The predicted molar refractivity (Wildman–Crippen MR) is 47.5 cm³/mol. The highest BCUT2D eigenvalue weighted by Gasteiger charge is 2.13. The molecule has 6 nitrogen and oxygen atoms in total. The van der Waals surface area contributed by atoms with Gasteiger partial charge in [-0.1, -0.05) is 0 Å². The second kappa shape index (κ2) is 3.10. The molecule has 0 unspecified atom stereocenters. The third kappa shape index (κ3) is 1.23. The molecule has 0 saturated heterocycles. The van der Waals surface area contributed by atoms with Crippen LogP contribution in [0.4, 0.5) is 0 Å². The monoisotopic (exact) mass is 188 g/mol. The van der Waals surface area contributed by atoms with E-state index in [2.05, 4.69) is 10.1 Å². The van der Waals surface area contributed by atoms with Crippen molar-refractivity contribution in [3.8, 4) is 6.07 Å². The van der Waals surface area contributed by atoms with E-state index >= 15 is 0 Å². The molecule has 14 heavy (non-hydrogen) atoms. The minimum absolute atomic E-state index is 0.227. The van der Waals surface area contributed by atoms with Crippen LogP contribution < -0.4 is 5.46 Å². The quantitative estimate of drug-likeness (QED) is 0.519. The number of aromatic nitrogens is 3. The molecular formula is C7H5BN4O2. The van der Waals surface area contributed by atoms with E-state index in [-0.39, 0.29) is 5.46 Å². The average molecular weight is 188 g/mol. The molecule has 0 spiro atoms. The topological polar surface area (TPSA) is 94.4 Å². The highest BCUT2D eigenvalue weighted by Crippen LogP contribution is 2.03. The Morgan fingerprint density at radius 1 is 1.43 bits per heavy atom. The lowest BCUT2D eigenvalue weighted by Gasteiger charge is -1.98. The molecule has 0 aliphatic carbocycles. The van der Waals surface area contributed by atoms with Gasteiger partial charge in [0.2, 0.25) is 0 Å². The molecule has 0 bridgehead atoms. The van der Waals surface area contributed by atoms with Crippen LogP contribution >= 0.6 is 0 Å². The summed E-state index contributed by atoms with van der Waals surface area (Å²) >= 11 is 0. The molecule has 0 amide bonds. The van der Waals surface area contributed by atoms with Crippen LogP contribution in [0.15, 0.2) is 18.6 Å². The first-order chi connectivity index (χ1) is 6.72. The summed E-state index contributed by atoms with van der Waals surface area (Å²) in [6.07, 6.45) is 4.08. The zero-order valence-corrected chi connectivity index (χ0v) is 6.99. The summed E-state index contributed by atoms with van der Waals surface area (Å²) < 4.78 is 1.33. The van der Waals surface area contributed by atoms with Crippen molar-refractivity contribution in [2.45, 2.75) is 0 Å². The molecule has 0 fully saturated rings. The summed E-state index contributed by atoms with van der Waals surface area (Å²) in [7, 11) is -1.58. The standard InChI is InChI=1S/C7H5BN4O2/c9-1-5-2-11-12-4-6(8(13)14)3-10-7(5)12/h2-4,13-14H. The van der Waals surface area contributed by atoms with Crippen molar-refractivity contribution in [3.05, 3.63) is 24.2 Å². The Bertz CT molecular complexity index is 516. The van der Waals surface area contributed by atoms with Crippen molar-refractivity contribution in [1.82, 2.24) is 14.6 Å². The molecule has 2 N–H and O–H groups in total. The lowest BCUT2D eigenvalue weighted by atomic mass is 9.83. The maximum atomic E-state index is 8.86. The van der Waals surface area contributed by atoms with Crippen LogP contribution in [0.1, 0.15) is 5.56 Å². The molecule has 68 valence electrons. The number of nitrogens with zero attached hydrogens (tertiary/aromatic N) is 4. The van der Waals surface area contributed by atoms with E-state index in [9.17, 15) is 0 Å². The fourth-order valence-corrected chi connectivity index (χ4v) is 1.10. The van der Waals surface area contributed by atoms with Crippen molar-refractivity contribution in [1.29, 1.82) is 5.26 Å². The van der Waals surface area contributed by atoms with E-state index in [0.717, 1.165) is 0 Å². The van der Waals surface area contributed by atoms with Gasteiger partial charge < -0.3 is 10.0 Å². The Balaban J connectivity index is 2.64. The van der Waals surface area contributed by atoms with Crippen molar-refractivity contribution in [3.63, 3.8) is 0 Å². The lowest BCUT2D eigenvalue weighted by Crippen LogP contribution is -2.31. The minimum Gasteiger partial charge on any atom is -0.423 e. The van der Waals surface area contributed by atoms with Gasteiger partial charge in [-0.05, 0) is 0 Å². The van der Waals surface area contributed by atoms with Gasteiger partial charge in [0, 0.05) is 17.9 Å². The molecule has 7 heteroatoms. The van der Waals surface area contributed by atoms with Gasteiger partial charge in [0.1, 0.15) is 11.6 Å². The number of fused-ring (bicyclic) bond motifs is 1. The van der Waals surface area contributed by atoms with Crippen molar-refractivity contribution in [2.24, 2.45) is 0 Å². The lowest BCUT2D eigenvalue weighted by molar-refractivity contribution is 0.425. The molecule has 2 aromatic heterocycles. The van der Waals surface area contributed by atoms with Crippen LogP contribution in [0.5, 0.6) is 0 Å². The first kappa shape index (κ1) is 8.68. The molecule has 0 radical (unpaired) electrons. The van der Waals surface area contributed by atoms with Gasteiger partial charge in [-0.25, -0.2) is 9.50 Å². The smallest absolute Gasteiger partial charge is 0.423 e. The molecule has 2 rings (SSSR count). The van der Waals surface area contributed by atoms with Gasteiger partial charge in [-0.3, -0.25) is 0 Å². The van der Waals surface area contributed by atoms with Gasteiger partial charge in [0.05, 0.1) is 6.20 Å². The third-order valence-corrected chi connectivity index (χ3v) is 1.80. The third-order valence-electron chi connectivity index (χ3n) is 1.80. The number of rotatable bonds is 1. The van der Waals surface area contributed by atoms with Gasteiger partial charge in [0.25, 0.3) is 0 Å². The van der Waals surface area contributed by atoms with E-state index in [1.807, 2.05) is 6.07 Å². The SMILES string of the molecule is N#Cc1cnn2cc(B(O)O)cnc12. The summed E-state index contributed by atoms with van der Waals surface area (Å²) in [4.78, 5) is 3.89. The van der Waals surface area contributed by atoms with Crippen molar-refractivity contribution >= 4 is 18.2 Å². The fraction of sp³-hybridized carbons (Fsp3) is 0. The van der Waals surface area contributed by atoms with E-state index in [0.29, 0.717) is 11.2 Å². The van der Waals surface area contributed by atoms with E-state index in [1.54, 1.807) is 0 Å². The van der Waals surface area contributed by atoms with Crippen LogP contribution in [0.2, 0.25) is 0 Å². The molecule has 0 aliphatic heterocycles. The maximum Gasteiger partial charge on any atom is 0.491 e. The zero-order chi connectivity index (χ0) is 10.1. The van der Waals surface area contributed by atoms with Crippen molar-refractivity contribution < 1.29 is 10.0 Å². The van der Waals surface area contributed by atoms with Gasteiger partial charge in [0.15, 0.2) is 5.65 Å². The minimum atomic E-state index is -1.58. The van der Waals surface area contributed by atoms with Crippen LogP contribution in [0, 0.1) is 11.3 Å². The van der Waals surface area contributed by atoms with E-state index in [1.165, 1.54) is 23.1 Å². The van der Waals surface area contributed by atoms with Crippen LogP contribution in [-0.2, 0) is 0 Å². The van der Waals surface area contributed by atoms with Crippen LogP contribution in [0.3, 0.4) is 0 Å². The highest BCUT2D eigenvalue weighted by atomic mass is 16.4. The van der Waals surface area contributed by atoms with Crippen LogP contribution in [0.25, 0.3) is 5.65 Å². The van der Waals surface area contributed by atoms with Gasteiger partial charge in [-0.2, -0.15) is 10.4 Å². The number of hydrogen-bond acceptors (Lipinski definition) is 5. The Hall–Kier alpha value is -1.91. The second-order valence-corrected chi connectivity index (χ2v) is 2.70. The summed E-state index contributed by atoms with van der Waals surface area (Å²) in [5.74, 6) is 0. The normalized spacial score (nSPS) is 10.1. The van der Waals surface area contributed by atoms with Gasteiger partial charge >= 0.3 is 7.12 Å². The summed E-state index contributed by atoms with van der Waals surface area (Å²) in [6, 6.07) is 1.93. The fourth-order valence-electron chi connectivity index (χ4n) is 1.10. The Labute approximate surface area is 79.2 Å². The Morgan fingerprint density at radius 2 is 2.21 bits per heavy atom. The van der Waals surface area contributed by atoms with E-state index < -0.39 is 7.12 Å². The Kier molecular flexibility index (Phi) is 1.92. The first-order valence-electron chi connectivity index (χ1n) is 3.82. The summed E-state index contributed by atoms with van der Waals surface area (Å²) in [5.41, 5.74) is 0.978. The largest absolute Gasteiger partial charge is 0.491 e. The average Bonchev–Trinajstić information content (AvgIpc) is 2.59. The molecule has 0 saturated carbocycles. The zero-order valence-electron chi connectivity index (χ0n) is 6.99. The molecule has 2 heterocycles. The number of hydrogen-bond donors (Lipinski definition) is 2. The number of nitriles is 1. The molecular weight excluding hydrogens is 183 g/mol. The molecule has 0 atom stereocenters. The highest BCUT2D eigenvalue weighted by molar-refractivity contribution is 6.58. The predicted octanol–water partition coefficient (Wildman–Crippen LogP) is -1.72. The molecule has 2 aromatic rings. The molecule has 0 aliphatic rings. The van der Waals surface area contributed by atoms with Gasteiger partial charge in [-0.15, -0.1) is 0 Å². The molecule has 0 aromatic carbocycles. The van der Waals surface area contributed by atoms with Crippen molar-refractivity contribution in [2.75, 3.05) is 0 Å². The Morgan fingerprint density at radius 3 is 2.86 bits per heavy atom. The summed E-state index contributed by atoms with van der Waals surface area (Å²) in [5, 5.41) is 30.2. The first-order valence-corrected chi connectivity index (χ1v) is 3.82. The second-order valence-electron chi connectivity index (χ2n) is 2.70. The van der Waals surface area contributed by atoms with Crippen LogP contribution in [-0.4, -0.2) is 31.8 Å². The summed E-state index contributed by atoms with van der Waals surface area (Å²) in [6.45, 7) is 0.